The van der Waals surface area contributed by atoms with Gasteiger partial charge < -0.3 is 14.8 Å². The first-order valence-electron chi connectivity index (χ1n) is 5.69. The average molecular weight is 224 g/mol. The number of methoxy groups -OCH3 is 1. The Morgan fingerprint density at radius 2 is 2.25 bits per heavy atom. The maximum atomic E-state index is 5.39. The van der Waals surface area contributed by atoms with Gasteiger partial charge in [-0.2, -0.15) is 0 Å². The van der Waals surface area contributed by atoms with Gasteiger partial charge in [0.2, 0.25) is 0 Å². The van der Waals surface area contributed by atoms with Crippen LogP contribution in [0.2, 0.25) is 0 Å². The van der Waals surface area contributed by atoms with Crippen molar-refractivity contribution in [3.8, 4) is 5.75 Å². The fourth-order valence-corrected chi connectivity index (χ4v) is 1.32. The maximum absolute atomic E-state index is 5.39. The van der Waals surface area contributed by atoms with E-state index in [0.29, 0.717) is 0 Å². The summed E-state index contributed by atoms with van der Waals surface area (Å²) in [5, 5.41) is 3.22. The first kappa shape index (κ1) is 12.8. The molecule has 0 aliphatic carbocycles. The van der Waals surface area contributed by atoms with E-state index in [2.05, 4.69) is 17.2 Å². The molecule has 90 valence electrons. The van der Waals surface area contributed by atoms with E-state index in [0.717, 1.165) is 44.2 Å². The van der Waals surface area contributed by atoms with Gasteiger partial charge in [-0.25, -0.2) is 4.98 Å². The van der Waals surface area contributed by atoms with E-state index in [9.17, 15) is 0 Å². The first-order valence-corrected chi connectivity index (χ1v) is 5.69. The molecule has 1 heterocycles. The van der Waals surface area contributed by atoms with Crippen LogP contribution < -0.4 is 10.1 Å². The quantitative estimate of drug-likeness (QED) is 0.688. The SMILES string of the molecule is CCCOCCCNc1ncccc1OC. The number of hydrogen-bond donors (Lipinski definition) is 1. The number of hydrogen-bond acceptors (Lipinski definition) is 4. The number of anilines is 1. The van der Waals surface area contributed by atoms with Crippen molar-refractivity contribution in [2.75, 3.05) is 32.2 Å². The van der Waals surface area contributed by atoms with Gasteiger partial charge in [-0.1, -0.05) is 6.92 Å². The molecule has 0 bridgehead atoms. The minimum Gasteiger partial charge on any atom is -0.493 e. The minimum absolute atomic E-state index is 0.775. The number of nitrogens with zero attached hydrogens (tertiary/aromatic N) is 1. The van der Waals surface area contributed by atoms with E-state index in [1.165, 1.54) is 0 Å². The number of pyridine rings is 1. The molecule has 0 atom stereocenters. The van der Waals surface area contributed by atoms with Crippen LogP contribution in [0.25, 0.3) is 0 Å². The van der Waals surface area contributed by atoms with Gasteiger partial charge in [0.15, 0.2) is 11.6 Å². The molecule has 16 heavy (non-hydrogen) atoms. The second-order valence-corrected chi connectivity index (χ2v) is 3.45. The van der Waals surface area contributed by atoms with Crippen molar-refractivity contribution in [2.24, 2.45) is 0 Å². The topological polar surface area (TPSA) is 43.4 Å². The van der Waals surface area contributed by atoms with Gasteiger partial charge in [-0.05, 0) is 25.0 Å². The summed E-state index contributed by atoms with van der Waals surface area (Å²) in [5.74, 6) is 1.57. The Kier molecular flexibility index (Phi) is 6.33. The van der Waals surface area contributed by atoms with Crippen molar-refractivity contribution in [3.05, 3.63) is 18.3 Å². The van der Waals surface area contributed by atoms with E-state index in [4.69, 9.17) is 9.47 Å². The van der Waals surface area contributed by atoms with Crippen LogP contribution >= 0.6 is 0 Å². The molecule has 0 amide bonds. The molecule has 0 aromatic carbocycles. The Bertz CT molecular complexity index is 292. The van der Waals surface area contributed by atoms with E-state index in [-0.39, 0.29) is 0 Å². The molecular formula is C12H20N2O2. The molecule has 1 aromatic rings. The zero-order valence-electron chi connectivity index (χ0n) is 10.0. The summed E-state index contributed by atoms with van der Waals surface area (Å²) in [7, 11) is 1.65. The number of ether oxygens (including phenoxy) is 2. The average Bonchev–Trinajstić information content (AvgIpc) is 2.34. The highest BCUT2D eigenvalue weighted by molar-refractivity contribution is 5.49. The molecule has 0 spiro atoms. The lowest BCUT2D eigenvalue weighted by Gasteiger charge is -2.09. The molecule has 0 unspecified atom stereocenters. The van der Waals surface area contributed by atoms with Crippen LogP contribution in [0.4, 0.5) is 5.82 Å². The second kappa shape index (κ2) is 7.93. The lowest BCUT2D eigenvalue weighted by Crippen LogP contribution is -2.08. The van der Waals surface area contributed by atoms with E-state index >= 15 is 0 Å². The summed E-state index contributed by atoms with van der Waals surface area (Å²) in [4.78, 5) is 4.21. The largest absolute Gasteiger partial charge is 0.493 e. The molecule has 4 heteroatoms. The Balaban J connectivity index is 2.21. The molecule has 0 aliphatic rings. The first-order chi connectivity index (χ1) is 7.88. The van der Waals surface area contributed by atoms with Crippen LogP contribution in [-0.4, -0.2) is 31.9 Å². The Morgan fingerprint density at radius 1 is 1.38 bits per heavy atom. The van der Waals surface area contributed by atoms with Gasteiger partial charge in [0, 0.05) is 26.0 Å². The van der Waals surface area contributed by atoms with Crippen molar-refractivity contribution < 1.29 is 9.47 Å². The molecular weight excluding hydrogens is 204 g/mol. The van der Waals surface area contributed by atoms with E-state index < -0.39 is 0 Å². The lowest BCUT2D eigenvalue weighted by molar-refractivity contribution is 0.134. The van der Waals surface area contributed by atoms with Gasteiger partial charge in [0.05, 0.1) is 7.11 Å². The third-order valence-corrected chi connectivity index (χ3v) is 2.10. The summed E-state index contributed by atoms with van der Waals surface area (Å²) in [5.41, 5.74) is 0. The minimum atomic E-state index is 0.775. The zero-order valence-corrected chi connectivity index (χ0v) is 10.0. The molecule has 0 radical (unpaired) electrons. The highest BCUT2D eigenvalue weighted by atomic mass is 16.5. The van der Waals surface area contributed by atoms with Crippen LogP contribution in [-0.2, 0) is 4.74 Å². The summed E-state index contributed by atoms with van der Waals surface area (Å²) in [6, 6.07) is 3.75. The summed E-state index contributed by atoms with van der Waals surface area (Å²) in [6.45, 7) is 4.58. The molecule has 4 nitrogen and oxygen atoms in total. The molecule has 0 fully saturated rings. The van der Waals surface area contributed by atoms with Crippen LogP contribution in [0.1, 0.15) is 19.8 Å². The van der Waals surface area contributed by atoms with Crippen LogP contribution in [0.15, 0.2) is 18.3 Å². The lowest BCUT2D eigenvalue weighted by atomic mass is 10.4. The Morgan fingerprint density at radius 3 is 3.00 bits per heavy atom. The standard InChI is InChI=1S/C12H20N2O2/c1-3-9-16-10-5-8-14-12-11(15-2)6-4-7-13-12/h4,6-7H,3,5,8-10H2,1-2H3,(H,13,14). The zero-order chi connectivity index (χ0) is 11.6. The maximum Gasteiger partial charge on any atom is 0.168 e. The number of aromatic nitrogens is 1. The predicted molar refractivity (Wildman–Crippen MR) is 65.0 cm³/mol. The van der Waals surface area contributed by atoms with Gasteiger partial charge in [0.25, 0.3) is 0 Å². The fourth-order valence-electron chi connectivity index (χ4n) is 1.32. The van der Waals surface area contributed by atoms with Crippen LogP contribution in [0.3, 0.4) is 0 Å². The van der Waals surface area contributed by atoms with Gasteiger partial charge >= 0.3 is 0 Å². The van der Waals surface area contributed by atoms with Crippen molar-refractivity contribution in [1.82, 2.24) is 4.98 Å². The number of rotatable bonds is 8. The smallest absolute Gasteiger partial charge is 0.168 e. The third kappa shape index (κ3) is 4.49. The molecule has 1 N–H and O–H groups in total. The highest BCUT2D eigenvalue weighted by Crippen LogP contribution is 2.19. The van der Waals surface area contributed by atoms with Gasteiger partial charge in [0.1, 0.15) is 0 Å². The second-order valence-electron chi connectivity index (χ2n) is 3.45. The molecule has 1 aromatic heterocycles. The van der Waals surface area contributed by atoms with Crippen molar-refractivity contribution in [3.63, 3.8) is 0 Å². The van der Waals surface area contributed by atoms with Crippen molar-refractivity contribution in [1.29, 1.82) is 0 Å². The third-order valence-electron chi connectivity index (χ3n) is 2.10. The monoisotopic (exact) mass is 224 g/mol. The fraction of sp³-hybridized carbons (Fsp3) is 0.583. The summed E-state index contributed by atoms with van der Waals surface area (Å²) in [6.07, 6.45) is 3.79. The van der Waals surface area contributed by atoms with E-state index in [1.807, 2.05) is 12.1 Å². The van der Waals surface area contributed by atoms with Gasteiger partial charge in [-0.15, -0.1) is 0 Å². The molecule has 0 saturated heterocycles. The van der Waals surface area contributed by atoms with Crippen LogP contribution in [0, 0.1) is 0 Å². The van der Waals surface area contributed by atoms with Crippen LogP contribution in [0.5, 0.6) is 5.75 Å². The molecule has 0 aliphatic heterocycles. The molecule has 1 rings (SSSR count). The summed E-state index contributed by atoms with van der Waals surface area (Å²) >= 11 is 0. The molecule has 0 saturated carbocycles. The Hall–Kier alpha value is -1.29. The van der Waals surface area contributed by atoms with Crippen molar-refractivity contribution in [2.45, 2.75) is 19.8 Å². The Labute approximate surface area is 97.0 Å². The van der Waals surface area contributed by atoms with Gasteiger partial charge in [-0.3, -0.25) is 0 Å². The predicted octanol–water partition coefficient (Wildman–Crippen LogP) is 2.32. The normalized spacial score (nSPS) is 10.1. The summed E-state index contributed by atoms with van der Waals surface area (Å²) < 4.78 is 10.6. The number of nitrogens with one attached hydrogen (secondary N) is 1. The van der Waals surface area contributed by atoms with Crippen molar-refractivity contribution >= 4 is 5.82 Å². The van der Waals surface area contributed by atoms with E-state index in [1.54, 1.807) is 13.3 Å². The highest BCUT2D eigenvalue weighted by Gasteiger charge is 2.00.